The predicted octanol–water partition coefficient (Wildman–Crippen LogP) is 3.77. The minimum absolute atomic E-state index is 0.0977. The first kappa shape index (κ1) is 21.3. The first-order chi connectivity index (χ1) is 13.0. The van der Waals surface area contributed by atoms with Gasteiger partial charge in [0.1, 0.15) is 0 Å². The Hall–Kier alpha value is -2.98. The summed E-state index contributed by atoms with van der Waals surface area (Å²) < 4.78 is 79.3. The maximum absolute atomic E-state index is 12.7. The van der Waals surface area contributed by atoms with Gasteiger partial charge in [0.15, 0.2) is 6.61 Å². The van der Waals surface area contributed by atoms with Crippen LogP contribution >= 0.6 is 0 Å². The van der Waals surface area contributed by atoms with E-state index in [2.05, 4.69) is 20.4 Å². The highest BCUT2D eigenvalue weighted by Crippen LogP contribution is 2.30. The Balaban J connectivity index is 1.88. The summed E-state index contributed by atoms with van der Waals surface area (Å²) in [5.74, 6) is -0.853. The van der Waals surface area contributed by atoms with Gasteiger partial charge in [-0.05, 0) is 24.3 Å². The van der Waals surface area contributed by atoms with E-state index in [1.54, 1.807) is 0 Å². The van der Waals surface area contributed by atoms with Gasteiger partial charge in [-0.15, -0.1) is 0 Å². The van der Waals surface area contributed by atoms with Gasteiger partial charge in [0.2, 0.25) is 11.8 Å². The molecular formula is C17H15F6N3O2. The Morgan fingerprint density at radius 3 is 2.50 bits per heavy atom. The number of hydrogen-bond donors (Lipinski definition) is 2. The summed E-state index contributed by atoms with van der Waals surface area (Å²) in [6.45, 7) is -2.02. The average molecular weight is 407 g/mol. The molecule has 0 saturated heterocycles. The van der Waals surface area contributed by atoms with Gasteiger partial charge in [-0.3, -0.25) is 4.79 Å². The van der Waals surface area contributed by atoms with Gasteiger partial charge in [-0.25, -0.2) is 4.98 Å². The molecule has 11 heteroatoms. The molecule has 0 aliphatic carbocycles. The molecule has 28 heavy (non-hydrogen) atoms. The van der Waals surface area contributed by atoms with Crippen molar-refractivity contribution in [3.05, 3.63) is 53.7 Å². The van der Waals surface area contributed by atoms with Crippen LogP contribution in [0.2, 0.25) is 0 Å². The van der Waals surface area contributed by atoms with Crippen LogP contribution < -0.4 is 15.4 Å². The van der Waals surface area contributed by atoms with Crippen LogP contribution in [0, 0.1) is 0 Å². The first-order valence-corrected chi connectivity index (χ1v) is 7.86. The Morgan fingerprint density at radius 1 is 1.07 bits per heavy atom. The van der Waals surface area contributed by atoms with E-state index in [0.29, 0.717) is 0 Å². The van der Waals surface area contributed by atoms with Crippen molar-refractivity contribution in [3.8, 4) is 5.88 Å². The maximum atomic E-state index is 12.7. The number of alkyl halides is 6. The molecule has 2 aromatic rings. The van der Waals surface area contributed by atoms with E-state index in [0.717, 1.165) is 12.1 Å². The van der Waals surface area contributed by atoms with Gasteiger partial charge in [0, 0.05) is 24.0 Å². The highest BCUT2D eigenvalue weighted by atomic mass is 19.4. The summed E-state index contributed by atoms with van der Waals surface area (Å²) in [6, 6.07) is 7.21. The summed E-state index contributed by atoms with van der Waals surface area (Å²) in [5, 5.41) is 4.97. The van der Waals surface area contributed by atoms with Crippen molar-refractivity contribution in [1.29, 1.82) is 0 Å². The van der Waals surface area contributed by atoms with Gasteiger partial charge < -0.3 is 15.4 Å². The zero-order chi connectivity index (χ0) is 20.8. The largest absolute Gasteiger partial charge is 0.468 e. The highest BCUT2D eigenvalue weighted by Gasteiger charge is 2.30. The van der Waals surface area contributed by atoms with Crippen LogP contribution in [-0.4, -0.2) is 30.2 Å². The topological polar surface area (TPSA) is 63.2 Å². The zero-order valence-corrected chi connectivity index (χ0v) is 14.2. The van der Waals surface area contributed by atoms with Crippen LogP contribution in [0.1, 0.15) is 11.1 Å². The number of nitrogens with one attached hydrogen (secondary N) is 2. The molecule has 0 atom stereocenters. The van der Waals surface area contributed by atoms with Gasteiger partial charge in [0.05, 0.1) is 12.1 Å². The maximum Gasteiger partial charge on any atom is 0.422 e. The van der Waals surface area contributed by atoms with Gasteiger partial charge in [0.25, 0.3) is 0 Å². The number of aromatic nitrogens is 1. The molecule has 0 bridgehead atoms. The molecular weight excluding hydrogens is 392 g/mol. The smallest absolute Gasteiger partial charge is 0.422 e. The van der Waals surface area contributed by atoms with Crippen molar-refractivity contribution in [3.63, 3.8) is 0 Å². The summed E-state index contributed by atoms with van der Waals surface area (Å²) in [7, 11) is 0. The summed E-state index contributed by atoms with van der Waals surface area (Å²) in [6.07, 6.45) is -7.80. The molecule has 2 rings (SSSR count). The third kappa shape index (κ3) is 6.97. The Labute approximate surface area is 155 Å². The number of rotatable bonds is 7. The molecule has 1 heterocycles. The molecule has 0 fully saturated rings. The van der Waals surface area contributed by atoms with Gasteiger partial charge in [-0.1, -0.05) is 12.1 Å². The highest BCUT2D eigenvalue weighted by molar-refractivity contribution is 5.80. The molecule has 0 spiro atoms. The first-order valence-electron chi connectivity index (χ1n) is 7.86. The lowest BCUT2D eigenvalue weighted by atomic mass is 10.2. The lowest BCUT2D eigenvalue weighted by molar-refractivity contribution is -0.154. The number of benzene rings is 1. The van der Waals surface area contributed by atoms with Crippen LogP contribution in [0.5, 0.6) is 5.88 Å². The molecule has 2 N–H and O–H groups in total. The van der Waals surface area contributed by atoms with Crippen LogP contribution in [0.3, 0.4) is 0 Å². The summed E-state index contributed by atoms with van der Waals surface area (Å²) >= 11 is 0. The van der Waals surface area contributed by atoms with E-state index in [9.17, 15) is 31.1 Å². The lowest BCUT2D eigenvalue weighted by Crippen LogP contribution is -2.30. The lowest BCUT2D eigenvalue weighted by Gasteiger charge is -2.13. The minimum atomic E-state index is -4.53. The number of nitrogens with zero attached hydrogens (tertiary/aromatic N) is 1. The molecule has 0 aliphatic heterocycles. The normalized spacial score (nSPS) is 11.8. The Kier molecular flexibility index (Phi) is 6.71. The fourth-order valence-corrected chi connectivity index (χ4v) is 2.08. The number of carbonyl (C=O) groups is 1. The molecule has 0 radical (unpaired) electrons. The van der Waals surface area contributed by atoms with E-state index in [-0.39, 0.29) is 30.2 Å². The average Bonchev–Trinajstić information content (AvgIpc) is 2.62. The molecule has 0 unspecified atom stereocenters. The molecule has 1 aromatic carbocycles. The van der Waals surface area contributed by atoms with E-state index < -0.39 is 30.4 Å². The number of ether oxygens (including phenoxy) is 1. The fourth-order valence-electron chi connectivity index (χ4n) is 2.08. The van der Waals surface area contributed by atoms with Crippen LogP contribution in [-0.2, 0) is 17.5 Å². The van der Waals surface area contributed by atoms with Gasteiger partial charge in [-0.2, -0.15) is 26.3 Å². The van der Waals surface area contributed by atoms with E-state index in [4.69, 9.17) is 0 Å². The zero-order valence-electron chi connectivity index (χ0n) is 14.2. The van der Waals surface area contributed by atoms with Crippen LogP contribution in [0.25, 0.3) is 0 Å². The molecule has 152 valence electrons. The molecule has 0 aliphatic rings. The van der Waals surface area contributed by atoms with Crippen molar-refractivity contribution in [1.82, 2.24) is 10.3 Å². The number of hydrogen-bond acceptors (Lipinski definition) is 4. The monoisotopic (exact) mass is 407 g/mol. The van der Waals surface area contributed by atoms with Crippen molar-refractivity contribution in [2.75, 3.05) is 18.5 Å². The third-order valence-electron chi connectivity index (χ3n) is 3.34. The van der Waals surface area contributed by atoms with Crippen LogP contribution in [0.4, 0.5) is 32.0 Å². The summed E-state index contributed by atoms with van der Waals surface area (Å²) in [5.41, 5.74) is -0.542. The van der Waals surface area contributed by atoms with E-state index in [1.165, 1.54) is 30.5 Å². The van der Waals surface area contributed by atoms with E-state index in [1.807, 2.05) is 0 Å². The Bertz CT molecular complexity index is 808. The quantitative estimate of drug-likeness (QED) is 0.686. The number of halogens is 6. The molecule has 1 amide bonds. The predicted molar refractivity (Wildman–Crippen MR) is 87.6 cm³/mol. The van der Waals surface area contributed by atoms with Crippen LogP contribution in [0.15, 0.2) is 42.6 Å². The van der Waals surface area contributed by atoms with E-state index >= 15 is 0 Å². The van der Waals surface area contributed by atoms with Gasteiger partial charge >= 0.3 is 12.4 Å². The number of pyridine rings is 1. The second-order valence-electron chi connectivity index (χ2n) is 5.58. The second kappa shape index (κ2) is 8.81. The van der Waals surface area contributed by atoms with Crippen molar-refractivity contribution >= 4 is 11.6 Å². The van der Waals surface area contributed by atoms with Crippen molar-refractivity contribution < 1.29 is 35.9 Å². The summed E-state index contributed by atoms with van der Waals surface area (Å²) in [4.78, 5) is 15.6. The molecule has 1 aromatic heterocycles. The SMILES string of the molecule is O=C(CNc1cccc(C(F)(F)F)c1)NCc1cccnc1OCC(F)(F)F. The van der Waals surface area contributed by atoms with Crippen molar-refractivity contribution in [2.24, 2.45) is 0 Å². The number of amides is 1. The standard InChI is InChI=1S/C17H15F6N3O2/c18-16(19,20)10-28-15-11(3-2-6-24-15)8-26-14(27)9-25-13-5-1-4-12(7-13)17(21,22)23/h1-7,25H,8-10H2,(H,26,27). The number of carbonyl (C=O) groups excluding carboxylic acids is 1. The number of anilines is 1. The molecule has 5 nitrogen and oxygen atoms in total. The fraction of sp³-hybridized carbons (Fsp3) is 0.294. The second-order valence-corrected chi connectivity index (χ2v) is 5.58. The minimum Gasteiger partial charge on any atom is -0.468 e. The third-order valence-corrected chi connectivity index (χ3v) is 3.34. The van der Waals surface area contributed by atoms with Crippen molar-refractivity contribution in [2.45, 2.75) is 18.9 Å². The Morgan fingerprint density at radius 2 is 1.82 bits per heavy atom. The molecule has 0 saturated carbocycles.